The lowest BCUT2D eigenvalue weighted by Crippen LogP contribution is -2.39. The third-order valence-electron chi connectivity index (χ3n) is 5.22. The Morgan fingerprint density at radius 2 is 1.21 bits per heavy atom. The van der Waals surface area contributed by atoms with E-state index in [0.29, 0.717) is 0 Å². The van der Waals surface area contributed by atoms with Gasteiger partial charge in [-0.15, -0.1) is 0 Å². The number of aldehydes is 1. The van der Waals surface area contributed by atoms with Gasteiger partial charge in [-0.3, -0.25) is 4.79 Å². The molecule has 3 aromatic carbocycles. The van der Waals surface area contributed by atoms with Gasteiger partial charge in [0.05, 0.1) is 11.9 Å². The lowest BCUT2D eigenvalue weighted by molar-refractivity contribution is -0.104. The van der Waals surface area contributed by atoms with Crippen LogP contribution in [0.5, 0.6) is 0 Å². The van der Waals surface area contributed by atoms with Gasteiger partial charge in [0.1, 0.15) is 17.6 Å². The van der Waals surface area contributed by atoms with Crippen molar-refractivity contribution in [3.05, 3.63) is 131 Å². The zero-order chi connectivity index (χ0) is 20.1. The molecule has 142 valence electrons. The molecule has 0 radical (unpaired) electrons. The third-order valence-corrected chi connectivity index (χ3v) is 5.22. The first-order valence-corrected chi connectivity index (χ1v) is 9.61. The molecule has 0 aliphatic carbocycles. The molecule has 0 bridgehead atoms. The molecule has 4 aromatic rings. The van der Waals surface area contributed by atoms with Crippen LogP contribution in [0.4, 0.5) is 0 Å². The van der Waals surface area contributed by atoms with Crippen molar-refractivity contribution in [3.63, 3.8) is 0 Å². The first-order valence-electron chi connectivity index (χ1n) is 9.61. The van der Waals surface area contributed by atoms with Gasteiger partial charge < -0.3 is 4.57 Å². The second kappa shape index (κ2) is 8.11. The van der Waals surface area contributed by atoms with E-state index in [1.165, 1.54) is 6.08 Å². The first kappa shape index (κ1) is 18.6. The van der Waals surface area contributed by atoms with Crippen LogP contribution in [0.25, 0.3) is 6.08 Å². The topological polar surface area (TPSA) is 34.9 Å². The molecular formula is C26H22N2O. The second-order valence-electron chi connectivity index (χ2n) is 6.87. The van der Waals surface area contributed by atoms with E-state index in [4.69, 9.17) is 0 Å². The number of allylic oxidation sites excluding steroid dienone is 1. The van der Waals surface area contributed by atoms with Gasteiger partial charge in [0.15, 0.2) is 0 Å². The molecule has 0 spiro atoms. The van der Waals surface area contributed by atoms with Crippen LogP contribution >= 0.6 is 0 Å². The molecule has 0 atom stereocenters. The molecule has 0 fully saturated rings. The monoisotopic (exact) mass is 378 g/mol. The van der Waals surface area contributed by atoms with Crippen LogP contribution in [0.1, 0.15) is 28.2 Å². The first-order chi connectivity index (χ1) is 14.3. The van der Waals surface area contributed by atoms with E-state index < -0.39 is 5.54 Å². The van der Waals surface area contributed by atoms with Crippen molar-refractivity contribution >= 4 is 12.4 Å². The zero-order valence-electron chi connectivity index (χ0n) is 16.3. The molecule has 1 heterocycles. The minimum absolute atomic E-state index is 0.632. The Morgan fingerprint density at radius 3 is 1.62 bits per heavy atom. The number of benzene rings is 3. The zero-order valence-corrected chi connectivity index (χ0v) is 16.3. The summed E-state index contributed by atoms with van der Waals surface area (Å²) in [5.74, 6) is 0.868. The van der Waals surface area contributed by atoms with Gasteiger partial charge in [0.25, 0.3) is 0 Å². The average Bonchev–Trinajstić information content (AvgIpc) is 3.16. The number of carbonyl (C=O) groups is 1. The van der Waals surface area contributed by atoms with Crippen molar-refractivity contribution in [2.45, 2.75) is 12.5 Å². The number of hydrogen-bond donors (Lipinski definition) is 0. The molecule has 0 aliphatic rings. The smallest absolute Gasteiger partial charge is 0.142 e. The average molecular weight is 378 g/mol. The van der Waals surface area contributed by atoms with E-state index in [2.05, 4.69) is 82.3 Å². The van der Waals surface area contributed by atoms with Crippen LogP contribution in [-0.2, 0) is 10.3 Å². The standard InChI is InChI=1S/C26H22N2O/c1-21-27-20-25(18-11-19-29)28(21)26(22-12-5-2-6-13-22,23-14-7-3-8-15-23)24-16-9-4-10-17-24/h2-20H,1H3. The van der Waals surface area contributed by atoms with Crippen LogP contribution in [0, 0.1) is 6.92 Å². The molecule has 0 saturated heterocycles. The summed E-state index contributed by atoms with van der Waals surface area (Å²) in [6.45, 7) is 2.00. The molecule has 3 nitrogen and oxygen atoms in total. The quantitative estimate of drug-likeness (QED) is 0.261. The Kier molecular flexibility index (Phi) is 5.21. The van der Waals surface area contributed by atoms with E-state index in [1.807, 2.05) is 37.4 Å². The van der Waals surface area contributed by atoms with E-state index in [0.717, 1.165) is 34.5 Å². The summed E-state index contributed by atoms with van der Waals surface area (Å²) in [5, 5.41) is 0. The van der Waals surface area contributed by atoms with E-state index >= 15 is 0 Å². The largest absolute Gasteiger partial charge is 0.310 e. The molecule has 4 rings (SSSR count). The fourth-order valence-corrected chi connectivity index (χ4v) is 4.08. The summed E-state index contributed by atoms with van der Waals surface area (Å²) in [6, 6.07) is 31.3. The Hall–Kier alpha value is -3.72. The molecule has 0 saturated carbocycles. The lowest BCUT2D eigenvalue weighted by atomic mass is 9.76. The molecule has 0 unspecified atom stereocenters. The van der Waals surface area contributed by atoms with Crippen molar-refractivity contribution in [3.8, 4) is 0 Å². The van der Waals surface area contributed by atoms with Gasteiger partial charge in [0.2, 0.25) is 0 Å². The van der Waals surface area contributed by atoms with Crippen molar-refractivity contribution in [2.75, 3.05) is 0 Å². The number of hydrogen-bond acceptors (Lipinski definition) is 2. The molecule has 29 heavy (non-hydrogen) atoms. The van der Waals surface area contributed by atoms with Crippen molar-refractivity contribution in [1.29, 1.82) is 0 Å². The predicted octanol–water partition coefficient (Wildman–Crippen LogP) is 5.24. The van der Waals surface area contributed by atoms with Crippen LogP contribution in [0.2, 0.25) is 0 Å². The Morgan fingerprint density at radius 1 is 0.759 bits per heavy atom. The van der Waals surface area contributed by atoms with Crippen molar-refractivity contribution in [1.82, 2.24) is 9.55 Å². The van der Waals surface area contributed by atoms with Gasteiger partial charge in [0, 0.05) is 0 Å². The van der Waals surface area contributed by atoms with Crippen LogP contribution in [0.3, 0.4) is 0 Å². The van der Waals surface area contributed by atoms with Crippen molar-refractivity contribution < 1.29 is 4.79 Å². The van der Waals surface area contributed by atoms with E-state index in [9.17, 15) is 4.79 Å². The SMILES string of the molecule is Cc1ncc(C=CC=O)n1C(c1ccccc1)(c1ccccc1)c1ccccc1. The number of rotatable bonds is 6. The Labute approximate surface area is 171 Å². The molecular weight excluding hydrogens is 356 g/mol. The number of imidazole rings is 1. The Bertz CT molecular complexity index is 1020. The van der Waals surface area contributed by atoms with Gasteiger partial charge in [-0.25, -0.2) is 4.98 Å². The van der Waals surface area contributed by atoms with Crippen LogP contribution < -0.4 is 0 Å². The number of nitrogens with zero attached hydrogens (tertiary/aromatic N) is 2. The summed E-state index contributed by atoms with van der Waals surface area (Å²) in [4.78, 5) is 15.6. The number of aromatic nitrogens is 2. The minimum atomic E-state index is -0.632. The van der Waals surface area contributed by atoms with Crippen LogP contribution in [0.15, 0.2) is 103 Å². The highest BCUT2D eigenvalue weighted by Gasteiger charge is 2.40. The number of carbonyl (C=O) groups excluding carboxylic acids is 1. The van der Waals surface area contributed by atoms with Gasteiger partial charge in [-0.2, -0.15) is 0 Å². The van der Waals surface area contributed by atoms with Gasteiger partial charge in [-0.05, 0) is 35.8 Å². The number of aryl methyl sites for hydroxylation is 1. The molecule has 0 N–H and O–H groups in total. The van der Waals surface area contributed by atoms with Crippen LogP contribution in [-0.4, -0.2) is 15.8 Å². The van der Waals surface area contributed by atoms with Crippen molar-refractivity contribution in [2.24, 2.45) is 0 Å². The normalized spacial score (nSPS) is 11.6. The minimum Gasteiger partial charge on any atom is -0.310 e. The summed E-state index contributed by atoms with van der Waals surface area (Å²) < 4.78 is 2.22. The highest BCUT2D eigenvalue weighted by Crippen LogP contribution is 2.42. The maximum Gasteiger partial charge on any atom is 0.142 e. The molecule has 3 heteroatoms. The van der Waals surface area contributed by atoms with Gasteiger partial charge >= 0.3 is 0 Å². The second-order valence-corrected chi connectivity index (χ2v) is 6.87. The summed E-state index contributed by atoms with van der Waals surface area (Å²) in [6.07, 6.45) is 5.94. The molecule has 0 aliphatic heterocycles. The highest BCUT2D eigenvalue weighted by molar-refractivity contribution is 5.73. The fourth-order valence-electron chi connectivity index (χ4n) is 4.08. The summed E-state index contributed by atoms with van der Waals surface area (Å²) in [5.41, 5.74) is 3.61. The lowest BCUT2D eigenvalue weighted by Gasteiger charge is -2.39. The molecule has 0 amide bonds. The van der Waals surface area contributed by atoms with Gasteiger partial charge in [-0.1, -0.05) is 91.0 Å². The summed E-state index contributed by atoms with van der Waals surface area (Å²) >= 11 is 0. The van der Waals surface area contributed by atoms with E-state index in [1.54, 1.807) is 0 Å². The fraction of sp³-hybridized carbons (Fsp3) is 0.0769. The molecule has 1 aromatic heterocycles. The third kappa shape index (κ3) is 3.21. The van der Waals surface area contributed by atoms with E-state index in [-0.39, 0.29) is 0 Å². The maximum absolute atomic E-state index is 11.0. The highest BCUT2D eigenvalue weighted by atomic mass is 16.1. The Balaban J connectivity index is 2.17. The maximum atomic E-state index is 11.0. The predicted molar refractivity (Wildman–Crippen MR) is 117 cm³/mol. The summed E-state index contributed by atoms with van der Waals surface area (Å²) in [7, 11) is 0.